The van der Waals surface area contributed by atoms with Gasteiger partial charge in [0.2, 0.25) is 11.8 Å². The number of primary amides is 1. The van der Waals surface area contributed by atoms with Crippen molar-refractivity contribution in [2.45, 2.75) is 18.6 Å². The summed E-state index contributed by atoms with van der Waals surface area (Å²) in [4.78, 5) is 23.6. The van der Waals surface area contributed by atoms with Gasteiger partial charge in [-0.2, -0.15) is 13.2 Å². The third-order valence-corrected chi connectivity index (χ3v) is 3.37. The standard InChI is InChI=1S/C17H15F3N2O2/c18-17(19,20)13-8-6-11(7-9-13)10-14(23)22-15(16(21)24)12-4-2-1-3-5-12/h1-9,15H,10H2,(H2,21,24)(H,22,23). The summed E-state index contributed by atoms with van der Waals surface area (Å²) < 4.78 is 37.5. The van der Waals surface area contributed by atoms with Crippen LogP contribution in [-0.2, 0) is 22.2 Å². The Labute approximate surface area is 136 Å². The molecule has 0 aliphatic heterocycles. The molecule has 0 radical (unpaired) electrons. The van der Waals surface area contributed by atoms with E-state index < -0.39 is 29.6 Å². The molecule has 0 bridgehead atoms. The molecule has 2 amide bonds. The Kier molecular flexibility index (Phi) is 5.23. The van der Waals surface area contributed by atoms with Gasteiger partial charge in [0.1, 0.15) is 6.04 Å². The van der Waals surface area contributed by atoms with Crippen LogP contribution in [0.25, 0.3) is 0 Å². The van der Waals surface area contributed by atoms with E-state index in [0.29, 0.717) is 11.1 Å². The number of nitrogens with two attached hydrogens (primary N) is 1. The SMILES string of the molecule is NC(=O)C(NC(=O)Cc1ccc(C(F)(F)F)cc1)c1ccccc1. The van der Waals surface area contributed by atoms with Crippen molar-refractivity contribution < 1.29 is 22.8 Å². The molecule has 0 aliphatic carbocycles. The summed E-state index contributed by atoms with van der Waals surface area (Å²) in [5.41, 5.74) is 5.45. The Balaban J connectivity index is 2.05. The normalized spacial score (nSPS) is 12.5. The number of benzene rings is 2. The molecular formula is C17H15F3N2O2. The fraction of sp³-hybridized carbons (Fsp3) is 0.176. The number of hydrogen-bond donors (Lipinski definition) is 2. The maximum Gasteiger partial charge on any atom is 0.416 e. The molecule has 1 unspecified atom stereocenters. The molecule has 2 aromatic carbocycles. The van der Waals surface area contributed by atoms with Gasteiger partial charge in [-0.05, 0) is 23.3 Å². The first-order valence-corrected chi connectivity index (χ1v) is 7.07. The zero-order valence-electron chi connectivity index (χ0n) is 12.5. The molecule has 0 saturated carbocycles. The molecule has 0 aromatic heterocycles. The van der Waals surface area contributed by atoms with E-state index in [9.17, 15) is 22.8 Å². The van der Waals surface area contributed by atoms with Crippen molar-refractivity contribution in [3.63, 3.8) is 0 Å². The molecule has 0 saturated heterocycles. The third kappa shape index (κ3) is 4.58. The van der Waals surface area contributed by atoms with E-state index >= 15 is 0 Å². The summed E-state index contributed by atoms with van der Waals surface area (Å²) in [7, 11) is 0. The fourth-order valence-electron chi connectivity index (χ4n) is 2.17. The van der Waals surface area contributed by atoms with Crippen LogP contribution >= 0.6 is 0 Å². The number of hydrogen-bond acceptors (Lipinski definition) is 2. The molecule has 7 heteroatoms. The number of carbonyl (C=O) groups is 2. The molecule has 0 spiro atoms. The highest BCUT2D eigenvalue weighted by Gasteiger charge is 2.30. The second-order valence-corrected chi connectivity index (χ2v) is 5.19. The van der Waals surface area contributed by atoms with Crippen LogP contribution in [0.2, 0.25) is 0 Å². The lowest BCUT2D eigenvalue weighted by atomic mass is 10.0. The predicted molar refractivity (Wildman–Crippen MR) is 81.7 cm³/mol. The number of carbonyl (C=O) groups excluding carboxylic acids is 2. The highest BCUT2D eigenvalue weighted by Crippen LogP contribution is 2.29. The maximum absolute atomic E-state index is 12.5. The average Bonchev–Trinajstić information content (AvgIpc) is 2.53. The molecule has 2 aromatic rings. The average molecular weight is 336 g/mol. The smallest absolute Gasteiger partial charge is 0.368 e. The van der Waals surface area contributed by atoms with Crippen molar-refractivity contribution in [2.75, 3.05) is 0 Å². The lowest BCUT2D eigenvalue weighted by Gasteiger charge is -2.16. The highest BCUT2D eigenvalue weighted by molar-refractivity contribution is 5.88. The van der Waals surface area contributed by atoms with Crippen molar-refractivity contribution in [1.82, 2.24) is 5.32 Å². The molecular weight excluding hydrogens is 321 g/mol. The Bertz CT molecular complexity index is 713. The monoisotopic (exact) mass is 336 g/mol. The van der Waals surface area contributed by atoms with Crippen molar-refractivity contribution in [3.05, 3.63) is 71.3 Å². The minimum Gasteiger partial charge on any atom is -0.368 e. The topological polar surface area (TPSA) is 72.2 Å². The molecule has 0 fully saturated rings. The van der Waals surface area contributed by atoms with Gasteiger partial charge in [0.05, 0.1) is 12.0 Å². The second-order valence-electron chi connectivity index (χ2n) is 5.19. The predicted octanol–water partition coefficient (Wildman–Crippen LogP) is 2.59. The molecule has 0 aliphatic rings. The van der Waals surface area contributed by atoms with Crippen molar-refractivity contribution in [2.24, 2.45) is 5.73 Å². The quantitative estimate of drug-likeness (QED) is 0.881. The lowest BCUT2D eigenvalue weighted by Crippen LogP contribution is -2.38. The van der Waals surface area contributed by atoms with E-state index in [2.05, 4.69) is 5.32 Å². The van der Waals surface area contributed by atoms with Crippen LogP contribution in [0.15, 0.2) is 54.6 Å². The minimum atomic E-state index is -4.43. The first kappa shape index (κ1) is 17.5. The molecule has 3 N–H and O–H groups in total. The van der Waals surface area contributed by atoms with Gasteiger partial charge in [-0.15, -0.1) is 0 Å². The van der Waals surface area contributed by atoms with E-state index in [0.717, 1.165) is 12.1 Å². The maximum atomic E-state index is 12.5. The molecule has 1 atom stereocenters. The molecule has 2 rings (SSSR count). The van der Waals surface area contributed by atoms with E-state index in [1.54, 1.807) is 30.3 Å². The molecule has 126 valence electrons. The van der Waals surface area contributed by atoms with Crippen LogP contribution in [0.5, 0.6) is 0 Å². The van der Waals surface area contributed by atoms with E-state index in [1.807, 2.05) is 0 Å². The first-order valence-electron chi connectivity index (χ1n) is 7.07. The number of amides is 2. The largest absolute Gasteiger partial charge is 0.416 e. The van der Waals surface area contributed by atoms with Crippen LogP contribution in [0, 0.1) is 0 Å². The van der Waals surface area contributed by atoms with Crippen molar-refractivity contribution >= 4 is 11.8 Å². The van der Waals surface area contributed by atoms with Crippen LogP contribution in [0.1, 0.15) is 22.7 Å². The van der Waals surface area contributed by atoms with Crippen LogP contribution in [0.4, 0.5) is 13.2 Å². The zero-order valence-corrected chi connectivity index (χ0v) is 12.5. The Morgan fingerprint density at radius 1 is 1.00 bits per heavy atom. The molecule has 4 nitrogen and oxygen atoms in total. The summed E-state index contributed by atoms with van der Waals surface area (Å²) in [6.45, 7) is 0. The molecule has 24 heavy (non-hydrogen) atoms. The summed E-state index contributed by atoms with van der Waals surface area (Å²) >= 11 is 0. The first-order chi connectivity index (χ1) is 11.3. The second kappa shape index (κ2) is 7.16. The van der Waals surface area contributed by atoms with Gasteiger partial charge >= 0.3 is 6.18 Å². The summed E-state index contributed by atoms with van der Waals surface area (Å²) in [6, 6.07) is 11.7. The van der Waals surface area contributed by atoms with Crippen LogP contribution in [-0.4, -0.2) is 11.8 Å². The summed E-state index contributed by atoms with van der Waals surface area (Å²) in [5, 5.41) is 2.49. The van der Waals surface area contributed by atoms with Gasteiger partial charge in [0.15, 0.2) is 0 Å². The Morgan fingerprint density at radius 2 is 1.58 bits per heavy atom. The van der Waals surface area contributed by atoms with E-state index in [-0.39, 0.29) is 6.42 Å². The van der Waals surface area contributed by atoms with Gasteiger partial charge < -0.3 is 11.1 Å². The van der Waals surface area contributed by atoms with Gasteiger partial charge in [-0.25, -0.2) is 0 Å². The van der Waals surface area contributed by atoms with Gasteiger partial charge in [-0.3, -0.25) is 9.59 Å². The highest BCUT2D eigenvalue weighted by atomic mass is 19.4. The Morgan fingerprint density at radius 3 is 2.08 bits per heavy atom. The number of alkyl halides is 3. The number of rotatable bonds is 5. The molecule has 0 heterocycles. The van der Waals surface area contributed by atoms with Gasteiger partial charge in [0, 0.05) is 0 Å². The van der Waals surface area contributed by atoms with E-state index in [1.165, 1.54) is 12.1 Å². The zero-order chi connectivity index (χ0) is 17.7. The van der Waals surface area contributed by atoms with Crippen LogP contribution < -0.4 is 11.1 Å². The minimum absolute atomic E-state index is 0.158. The van der Waals surface area contributed by atoms with E-state index in [4.69, 9.17) is 5.73 Å². The lowest BCUT2D eigenvalue weighted by molar-refractivity contribution is -0.137. The number of nitrogens with one attached hydrogen (secondary N) is 1. The van der Waals surface area contributed by atoms with Gasteiger partial charge in [-0.1, -0.05) is 42.5 Å². The van der Waals surface area contributed by atoms with Crippen LogP contribution in [0.3, 0.4) is 0 Å². The number of halogens is 3. The van der Waals surface area contributed by atoms with Crippen molar-refractivity contribution in [3.8, 4) is 0 Å². The van der Waals surface area contributed by atoms with Crippen molar-refractivity contribution in [1.29, 1.82) is 0 Å². The fourth-order valence-corrected chi connectivity index (χ4v) is 2.17. The summed E-state index contributed by atoms with van der Waals surface area (Å²) in [6.07, 6.45) is -4.58. The van der Waals surface area contributed by atoms with Gasteiger partial charge in [0.25, 0.3) is 0 Å². The summed E-state index contributed by atoms with van der Waals surface area (Å²) in [5.74, 6) is -1.23. The third-order valence-electron chi connectivity index (χ3n) is 3.37. The Hall–Kier alpha value is -2.83.